The van der Waals surface area contributed by atoms with Gasteiger partial charge >= 0.3 is 0 Å². The summed E-state index contributed by atoms with van der Waals surface area (Å²) in [6.07, 6.45) is 0.984. The third-order valence-electron chi connectivity index (χ3n) is 4.76. The Morgan fingerprint density at radius 3 is 2.53 bits per heavy atom. The van der Waals surface area contributed by atoms with E-state index < -0.39 is 28.5 Å². The van der Waals surface area contributed by atoms with Gasteiger partial charge in [-0.3, -0.25) is 24.3 Å². The van der Waals surface area contributed by atoms with Crippen LogP contribution in [-0.4, -0.2) is 20.3 Å². The van der Waals surface area contributed by atoms with Crippen molar-refractivity contribution in [3.8, 4) is 17.3 Å². The molecule has 0 radical (unpaired) electrons. The molecule has 0 aliphatic rings. The average Bonchev–Trinajstić information content (AvgIpc) is 3.15. The molecule has 2 heterocycles. The molecule has 0 aliphatic carbocycles. The fourth-order valence-electron chi connectivity index (χ4n) is 3.40. The zero-order valence-corrected chi connectivity index (χ0v) is 15.5. The van der Waals surface area contributed by atoms with E-state index in [0.29, 0.717) is 16.6 Å². The zero-order valence-electron chi connectivity index (χ0n) is 15.5. The number of pyridine rings is 1. The molecule has 0 unspecified atom stereocenters. The highest BCUT2D eigenvalue weighted by molar-refractivity contribution is 6.13. The Bertz CT molecular complexity index is 1390. The van der Waals surface area contributed by atoms with E-state index in [9.17, 15) is 19.7 Å². The molecule has 0 fully saturated rings. The molecule has 2 aromatic carbocycles. The maximum atomic E-state index is 13.3. The first-order chi connectivity index (χ1) is 14.5. The van der Waals surface area contributed by atoms with Crippen molar-refractivity contribution in [2.45, 2.75) is 6.54 Å². The molecule has 0 amide bonds. The first kappa shape index (κ1) is 18.8. The van der Waals surface area contributed by atoms with Crippen LogP contribution in [0, 0.1) is 21.4 Å². The van der Waals surface area contributed by atoms with Gasteiger partial charge in [0.25, 0.3) is 11.2 Å². The maximum Gasteiger partial charge on any atom is 0.287 e. The molecule has 0 spiro atoms. The number of hydrogen-bond donors (Lipinski definition) is 1. The lowest BCUT2D eigenvalue weighted by Gasteiger charge is -2.08. The molecular formula is C22H14N4O4. The van der Waals surface area contributed by atoms with E-state index in [1.165, 1.54) is 0 Å². The van der Waals surface area contributed by atoms with Crippen molar-refractivity contribution in [2.75, 3.05) is 0 Å². The van der Waals surface area contributed by atoms with Crippen molar-refractivity contribution < 1.29 is 9.72 Å². The molecule has 30 heavy (non-hydrogen) atoms. The summed E-state index contributed by atoms with van der Waals surface area (Å²) in [5.41, 5.74) is 0.956. The number of fused-ring (bicyclic) bond motifs is 1. The summed E-state index contributed by atoms with van der Waals surface area (Å²) in [5, 5.41) is 21.0. The summed E-state index contributed by atoms with van der Waals surface area (Å²) in [6, 6.07) is 19.1. The molecule has 4 aromatic rings. The lowest BCUT2D eigenvalue weighted by Crippen LogP contribution is -2.26. The van der Waals surface area contributed by atoms with Gasteiger partial charge in [-0.25, -0.2) is 0 Å². The van der Waals surface area contributed by atoms with Crippen molar-refractivity contribution in [3.05, 3.63) is 98.5 Å². The third kappa shape index (κ3) is 3.25. The summed E-state index contributed by atoms with van der Waals surface area (Å²) in [4.78, 5) is 39.4. The van der Waals surface area contributed by atoms with Gasteiger partial charge in [-0.2, -0.15) is 5.26 Å². The second kappa shape index (κ2) is 7.48. The number of para-hydroxylation sites is 1. The summed E-state index contributed by atoms with van der Waals surface area (Å²) >= 11 is 0. The summed E-state index contributed by atoms with van der Waals surface area (Å²) in [7, 11) is 0. The minimum Gasteiger partial charge on any atom is -0.354 e. The van der Waals surface area contributed by atoms with Gasteiger partial charge < -0.3 is 4.98 Å². The molecule has 0 atom stereocenters. The number of aromatic amines is 1. The van der Waals surface area contributed by atoms with Crippen LogP contribution < -0.4 is 5.56 Å². The van der Waals surface area contributed by atoms with Crippen LogP contribution in [0.5, 0.6) is 0 Å². The third-order valence-corrected chi connectivity index (χ3v) is 4.76. The Labute approximate surface area is 169 Å². The Morgan fingerprint density at radius 1 is 1.13 bits per heavy atom. The van der Waals surface area contributed by atoms with Crippen molar-refractivity contribution >= 4 is 22.4 Å². The quantitative estimate of drug-likeness (QED) is 0.312. The van der Waals surface area contributed by atoms with Gasteiger partial charge in [-0.15, -0.1) is 0 Å². The number of nitrogens with zero attached hydrogens (tertiary/aromatic N) is 3. The van der Waals surface area contributed by atoms with Crippen LogP contribution in [0.2, 0.25) is 0 Å². The second-order valence-corrected chi connectivity index (χ2v) is 6.62. The van der Waals surface area contributed by atoms with Crippen LogP contribution in [-0.2, 0) is 6.54 Å². The largest absolute Gasteiger partial charge is 0.354 e. The van der Waals surface area contributed by atoms with Gasteiger partial charge in [0.1, 0.15) is 11.6 Å². The number of H-pyrrole nitrogens is 1. The summed E-state index contributed by atoms with van der Waals surface area (Å²) in [5.74, 6) is -0.405. The molecule has 8 heteroatoms. The molecular weight excluding hydrogens is 384 g/mol. The van der Waals surface area contributed by atoms with E-state index in [-0.39, 0.29) is 5.56 Å². The highest BCUT2D eigenvalue weighted by Gasteiger charge is 2.22. The van der Waals surface area contributed by atoms with Crippen molar-refractivity contribution in [2.24, 2.45) is 0 Å². The van der Waals surface area contributed by atoms with Crippen molar-refractivity contribution in [1.82, 2.24) is 9.55 Å². The first-order valence-corrected chi connectivity index (χ1v) is 8.98. The predicted molar refractivity (Wildman–Crippen MR) is 110 cm³/mol. The standard InChI is InChI=1S/C22H14N4O4/c23-11-15-10-16(26(29)30)12-25(22(15)28)13-19(27)20-17-8-4-5-9-18(17)24-21(20)14-6-2-1-3-7-14/h1-10,12,24H,13H2. The lowest BCUT2D eigenvalue weighted by atomic mass is 10.0. The number of Topliss-reactive ketones (excluding diaryl/α,β-unsaturated/α-hetero) is 1. The van der Waals surface area contributed by atoms with E-state index in [4.69, 9.17) is 5.26 Å². The van der Waals surface area contributed by atoms with E-state index in [2.05, 4.69) is 4.98 Å². The monoisotopic (exact) mass is 398 g/mol. The molecule has 0 saturated heterocycles. The fraction of sp³-hybridized carbons (Fsp3) is 0.0455. The van der Waals surface area contributed by atoms with Crippen LogP contribution in [0.25, 0.3) is 22.2 Å². The Balaban J connectivity index is 1.86. The smallest absolute Gasteiger partial charge is 0.287 e. The molecule has 1 N–H and O–H groups in total. The average molecular weight is 398 g/mol. The number of nitrogens with one attached hydrogen (secondary N) is 1. The van der Waals surface area contributed by atoms with Gasteiger partial charge in [-0.1, -0.05) is 48.5 Å². The molecule has 8 nitrogen and oxygen atoms in total. The molecule has 0 aliphatic heterocycles. The van der Waals surface area contributed by atoms with E-state index >= 15 is 0 Å². The Kier molecular flexibility index (Phi) is 4.70. The SMILES string of the molecule is N#Cc1cc([N+](=O)[O-])cn(CC(=O)c2c(-c3ccccc3)[nH]c3ccccc23)c1=O. The van der Waals surface area contributed by atoms with Crippen LogP contribution in [0.4, 0.5) is 5.69 Å². The molecule has 0 bridgehead atoms. The maximum absolute atomic E-state index is 13.3. The number of carbonyl (C=O) groups is 1. The van der Waals surface area contributed by atoms with Crippen molar-refractivity contribution in [1.29, 1.82) is 5.26 Å². The normalized spacial score (nSPS) is 10.6. The minimum atomic E-state index is -0.752. The highest BCUT2D eigenvalue weighted by Crippen LogP contribution is 2.31. The molecule has 0 saturated carbocycles. The van der Waals surface area contributed by atoms with Gasteiger partial charge in [0, 0.05) is 17.0 Å². The molecule has 2 aromatic heterocycles. The van der Waals surface area contributed by atoms with E-state index in [1.807, 2.05) is 42.5 Å². The minimum absolute atomic E-state index is 0.383. The van der Waals surface area contributed by atoms with Crippen LogP contribution in [0.1, 0.15) is 15.9 Å². The number of rotatable bonds is 5. The fourth-order valence-corrected chi connectivity index (χ4v) is 3.40. The zero-order chi connectivity index (χ0) is 21.3. The van der Waals surface area contributed by atoms with Gasteiger partial charge in [0.15, 0.2) is 5.78 Å². The Morgan fingerprint density at radius 2 is 1.83 bits per heavy atom. The number of ketones is 1. The topological polar surface area (TPSA) is 122 Å². The van der Waals surface area contributed by atoms with Crippen LogP contribution in [0.3, 0.4) is 0 Å². The number of nitriles is 1. The lowest BCUT2D eigenvalue weighted by molar-refractivity contribution is -0.385. The Hall–Kier alpha value is -4.51. The number of hydrogen-bond acceptors (Lipinski definition) is 5. The van der Waals surface area contributed by atoms with E-state index in [0.717, 1.165) is 27.9 Å². The van der Waals surface area contributed by atoms with Crippen LogP contribution in [0.15, 0.2) is 71.7 Å². The van der Waals surface area contributed by atoms with Gasteiger partial charge in [0.05, 0.1) is 28.9 Å². The van der Waals surface area contributed by atoms with Crippen molar-refractivity contribution in [3.63, 3.8) is 0 Å². The van der Waals surface area contributed by atoms with E-state index in [1.54, 1.807) is 18.2 Å². The molecule has 4 rings (SSSR count). The second-order valence-electron chi connectivity index (χ2n) is 6.62. The number of carbonyl (C=O) groups excluding carboxylic acids is 1. The first-order valence-electron chi connectivity index (χ1n) is 8.98. The van der Waals surface area contributed by atoms with Gasteiger partial charge in [0.2, 0.25) is 0 Å². The number of nitro groups is 1. The number of benzene rings is 2. The van der Waals surface area contributed by atoms with Gasteiger partial charge in [-0.05, 0) is 11.6 Å². The molecule has 146 valence electrons. The number of aromatic nitrogens is 2. The summed E-state index contributed by atoms with van der Waals surface area (Å²) in [6.45, 7) is -0.434. The summed E-state index contributed by atoms with van der Waals surface area (Å²) < 4.78 is 0.912. The highest BCUT2D eigenvalue weighted by atomic mass is 16.6. The predicted octanol–water partition coefficient (Wildman–Crippen LogP) is 3.66. The van der Waals surface area contributed by atoms with Crippen LogP contribution >= 0.6 is 0 Å².